The molecule has 33 heavy (non-hydrogen) atoms. The monoisotopic (exact) mass is 481 g/mol. The third-order valence-corrected chi connectivity index (χ3v) is 4.60. The number of nitro groups is 1. The van der Waals surface area contributed by atoms with Crippen LogP contribution >= 0.6 is 11.6 Å². The van der Waals surface area contributed by atoms with Crippen LogP contribution in [-0.4, -0.2) is 56.4 Å². The van der Waals surface area contributed by atoms with Gasteiger partial charge in [0.2, 0.25) is 0 Å². The van der Waals surface area contributed by atoms with Crippen molar-refractivity contribution in [3.8, 4) is 5.75 Å². The second-order valence-electron chi connectivity index (χ2n) is 6.50. The maximum absolute atomic E-state index is 12.8. The topological polar surface area (TPSA) is 167 Å². The summed E-state index contributed by atoms with van der Waals surface area (Å²) >= 11 is 5.88. The van der Waals surface area contributed by atoms with Gasteiger partial charge in [-0.25, -0.2) is 4.39 Å². The fourth-order valence-electron chi connectivity index (χ4n) is 2.51. The maximum atomic E-state index is 12.8. The number of benzene rings is 1. The number of halogens is 2. The van der Waals surface area contributed by atoms with Crippen LogP contribution < -0.4 is 15.4 Å². The van der Waals surface area contributed by atoms with E-state index in [4.69, 9.17) is 20.9 Å². The molecule has 0 atom stereocenters. The van der Waals surface area contributed by atoms with E-state index in [9.17, 15) is 24.1 Å². The number of rotatable bonds is 10. The van der Waals surface area contributed by atoms with Gasteiger partial charge in [-0.2, -0.15) is 9.67 Å². The first kappa shape index (κ1) is 23.6. The summed E-state index contributed by atoms with van der Waals surface area (Å²) in [5.41, 5.74) is 0.332. The van der Waals surface area contributed by atoms with E-state index in [-0.39, 0.29) is 43.0 Å². The lowest BCUT2D eigenvalue weighted by molar-refractivity contribution is -0.389. The second-order valence-corrected chi connectivity index (χ2v) is 6.88. The molecule has 0 radical (unpaired) electrons. The minimum absolute atomic E-state index is 0.0589. The van der Waals surface area contributed by atoms with Crippen molar-refractivity contribution in [3.05, 3.63) is 62.6 Å². The molecule has 0 fully saturated rings. The minimum Gasteiger partial charge on any atom is -0.484 e. The summed E-state index contributed by atoms with van der Waals surface area (Å²) in [4.78, 5) is 38.0. The van der Waals surface area contributed by atoms with Crippen LogP contribution in [0.15, 0.2) is 28.8 Å². The number of nitrogens with one attached hydrogen (secondary N) is 2. The van der Waals surface area contributed by atoms with Crippen molar-refractivity contribution < 1.29 is 28.2 Å². The van der Waals surface area contributed by atoms with Crippen molar-refractivity contribution in [1.29, 1.82) is 0 Å². The molecule has 13 nitrogen and oxygen atoms in total. The van der Waals surface area contributed by atoms with E-state index in [0.717, 1.165) is 0 Å². The van der Waals surface area contributed by atoms with Crippen LogP contribution in [0.4, 0.5) is 10.2 Å². The molecule has 0 saturated heterocycles. The van der Waals surface area contributed by atoms with Gasteiger partial charge in [0.1, 0.15) is 18.1 Å². The van der Waals surface area contributed by atoms with Gasteiger partial charge in [0, 0.05) is 13.1 Å². The number of carbonyl (C=O) groups excluding carboxylic acids is 2. The van der Waals surface area contributed by atoms with Crippen LogP contribution in [0.1, 0.15) is 22.2 Å². The van der Waals surface area contributed by atoms with Crippen molar-refractivity contribution in [3.63, 3.8) is 0 Å². The molecule has 0 saturated carbocycles. The summed E-state index contributed by atoms with van der Waals surface area (Å²) in [6.07, 6.45) is 0. The number of amides is 2. The SMILES string of the molecule is Cc1c(Cl)c([N+](=O)[O-])nn1Cc1noc(C(=O)NCCNC(=O)COc2ccc(F)cc2)n1. The fourth-order valence-corrected chi connectivity index (χ4v) is 2.71. The lowest BCUT2D eigenvalue weighted by Gasteiger charge is -2.07. The summed E-state index contributed by atoms with van der Waals surface area (Å²) in [6, 6.07) is 5.21. The summed E-state index contributed by atoms with van der Waals surface area (Å²) in [5, 5.41) is 23.2. The predicted octanol–water partition coefficient (Wildman–Crippen LogP) is 1.25. The Hall–Kier alpha value is -4.07. The summed E-state index contributed by atoms with van der Waals surface area (Å²) < 4.78 is 24.1. The molecule has 2 amide bonds. The first-order chi connectivity index (χ1) is 15.7. The highest BCUT2D eigenvalue weighted by atomic mass is 35.5. The molecule has 0 spiro atoms. The Bertz CT molecular complexity index is 1160. The highest BCUT2D eigenvalue weighted by Gasteiger charge is 2.25. The highest BCUT2D eigenvalue weighted by molar-refractivity contribution is 6.33. The van der Waals surface area contributed by atoms with Crippen molar-refractivity contribution >= 4 is 29.2 Å². The zero-order valence-corrected chi connectivity index (χ0v) is 17.8. The van der Waals surface area contributed by atoms with Crippen LogP contribution in [0.3, 0.4) is 0 Å². The molecule has 2 aromatic heterocycles. The number of ether oxygens (including phenoxy) is 1. The number of carbonyl (C=O) groups is 2. The van der Waals surface area contributed by atoms with E-state index >= 15 is 0 Å². The molecule has 2 N–H and O–H groups in total. The molecule has 0 bridgehead atoms. The number of hydrogen-bond acceptors (Lipinski definition) is 9. The first-order valence-corrected chi connectivity index (χ1v) is 9.75. The van der Waals surface area contributed by atoms with Gasteiger partial charge >= 0.3 is 17.6 Å². The van der Waals surface area contributed by atoms with E-state index in [1.807, 2.05) is 0 Å². The standard InChI is InChI=1S/C18H17ClFN7O6/c1-10-15(19)16(27(30)31)24-26(10)8-13-23-18(33-25-13)17(29)22-7-6-21-14(28)9-32-12-4-2-11(20)3-5-12/h2-5H,6-9H2,1H3,(H,21,28)(H,22,29). The van der Waals surface area contributed by atoms with Crippen molar-refractivity contribution in [2.24, 2.45) is 0 Å². The summed E-state index contributed by atoms with van der Waals surface area (Å²) in [6.45, 7) is 1.34. The Morgan fingerprint density at radius 3 is 2.64 bits per heavy atom. The van der Waals surface area contributed by atoms with Crippen LogP contribution in [0.5, 0.6) is 5.75 Å². The summed E-state index contributed by atoms with van der Waals surface area (Å²) in [7, 11) is 0. The van der Waals surface area contributed by atoms with E-state index in [1.54, 1.807) is 0 Å². The lowest BCUT2D eigenvalue weighted by Crippen LogP contribution is -2.36. The van der Waals surface area contributed by atoms with Gasteiger partial charge < -0.3 is 30.0 Å². The number of hydrogen-bond donors (Lipinski definition) is 2. The lowest BCUT2D eigenvalue weighted by atomic mass is 10.3. The van der Waals surface area contributed by atoms with Crippen LogP contribution in [-0.2, 0) is 11.3 Å². The Balaban J connectivity index is 1.41. The molecule has 0 aliphatic rings. The highest BCUT2D eigenvalue weighted by Crippen LogP contribution is 2.26. The first-order valence-electron chi connectivity index (χ1n) is 9.37. The van der Waals surface area contributed by atoms with Gasteiger partial charge in [-0.1, -0.05) is 16.8 Å². The smallest absolute Gasteiger partial charge is 0.408 e. The zero-order valence-electron chi connectivity index (χ0n) is 17.1. The quantitative estimate of drug-likeness (QED) is 0.246. The van der Waals surface area contributed by atoms with Gasteiger partial charge in [-0.3, -0.25) is 9.59 Å². The number of nitrogens with zero attached hydrogens (tertiary/aromatic N) is 5. The molecular weight excluding hydrogens is 465 g/mol. The van der Waals surface area contributed by atoms with E-state index in [1.165, 1.54) is 35.9 Å². The van der Waals surface area contributed by atoms with Crippen LogP contribution in [0, 0.1) is 22.9 Å². The third kappa shape index (κ3) is 6.22. The average Bonchev–Trinajstić information content (AvgIpc) is 3.36. The molecule has 0 unspecified atom stereocenters. The molecule has 15 heteroatoms. The van der Waals surface area contributed by atoms with Crippen LogP contribution in [0.25, 0.3) is 0 Å². The number of aromatic nitrogens is 4. The Labute approximate surface area is 190 Å². The Morgan fingerprint density at radius 2 is 1.97 bits per heavy atom. The Morgan fingerprint density at radius 1 is 1.27 bits per heavy atom. The van der Waals surface area contributed by atoms with Gasteiger partial charge in [0.25, 0.3) is 5.91 Å². The van der Waals surface area contributed by atoms with Gasteiger partial charge in [0.15, 0.2) is 17.5 Å². The molecule has 0 aliphatic heterocycles. The van der Waals surface area contributed by atoms with Crippen LogP contribution in [0.2, 0.25) is 5.02 Å². The minimum atomic E-state index is -0.714. The molecular formula is C18H17ClFN7O6. The zero-order chi connectivity index (χ0) is 24.0. The van der Waals surface area contributed by atoms with E-state index in [2.05, 4.69) is 25.9 Å². The maximum Gasteiger partial charge on any atom is 0.408 e. The normalized spacial score (nSPS) is 10.6. The average molecular weight is 482 g/mol. The molecule has 0 aliphatic carbocycles. The van der Waals surface area contributed by atoms with Gasteiger partial charge in [-0.15, -0.1) is 0 Å². The van der Waals surface area contributed by atoms with Gasteiger partial charge in [-0.05, 0) is 36.1 Å². The summed E-state index contributed by atoms with van der Waals surface area (Å²) in [5.74, 6) is -1.96. The fraction of sp³-hybridized carbons (Fsp3) is 0.278. The molecule has 2 heterocycles. The third-order valence-electron chi connectivity index (χ3n) is 4.16. The van der Waals surface area contributed by atoms with Crippen molar-refractivity contribution in [1.82, 2.24) is 30.6 Å². The van der Waals surface area contributed by atoms with E-state index in [0.29, 0.717) is 11.4 Å². The largest absolute Gasteiger partial charge is 0.484 e. The predicted molar refractivity (Wildman–Crippen MR) is 109 cm³/mol. The van der Waals surface area contributed by atoms with E-state index < -0.39 is 28.4 Å². The molecule has 3 rings (SSSR count). The second kappa shape index (κ2) is 10.5. The molecule has 174 valence electrons. The molecule has 3 aromatic rings. The van der Waals surface area contributed by atoms with Crippen molar-refractivity contribution in [2.45, 2.75) is 13.5 Å². The van der Waals surface area contributed by atoms with Crippen molar-refractivity contribution in [2.75, 3.05) is 19.7 Å². The molecule has 1 aromatic carbocycles. The van der Waals surface area contributed by atoms with Gasteiger partial charge in [0.05, 0.1) is 10.8 Å². The Kier molecular flexibility index (Phi) is 7.50.